The fourth-order valence-corrected chi connectivity index (χ4v) is 3.83. The van der Waals surface area contributed by atoms with Gasteiger partial charge < -0.3 is 24.8 Å². The van der Waals surface area contributed by atoms with Gasteiger partial charge in [0.15, 0.2) is 11.7 Å². The molecule has 1 unspecified atom stereocenters. The van der Waals surface area contributed by atoms with Gasteiger partial charge in [0.25, 0.3) is 0 Å². The number of hydrogen-bond acceptors (Lipinski definition) is 5. The smallest absolute Gasteiger partial charge is 0.191 e. The molecule has 7 nitrogen and oxygen atoms in total. The van der Waals surface area contributed by atoms with Crippen LogP contribution < -0.4 is 10.6 Å². The summed E-state index contributed by atoms with van der Waals surface area (Å²) >= 11 is 0. The van der Waals surface area contributed by atoms with Gasteiger partial charge >= 0.3 is 0 Å². The Morgan fingerprint density at radius 3 is 2.60 bits per heavy atom. The minimum atomic E-state index is -0.309. The molecule has 1 spiro atoms. The molecule has 3 fully saturated rings. The van der Waals surface area contributed by atoms with E-state index in [-0.39, 0.29) is 11.9 Å². The van der Waals surface area contributed by atoms with Crippen LogP contribution in [0, 0.1) is 0 Å². The first-order valence-electron chi connectivity index (χ1n) is 9.86. The number of nitrogens with one attached hydrogen (secondary N) is 2. The van der Waals surface area contributed by atoms with E-state index in [1.54, 1.807) is 0 Å². The Bertz CT molecular complexity index is 419. The van der Waals surface area contributed by atoms with Crippen LogP contribution in [-0.4, -0.2) is 82.3 Å². The van der Waals surface area contributed by atoms with Gasteiger partial charge in [0.2, 0.25) is 0 Å². The highest BCUT2D eigenvalue weighted by molar-refractivity contribution is 5.79. The lowest BCUT2D eigenvalue weighted by Gasteiger charge is -2.27. The molecule has 3 aliphatic rings. The van der Waals surface area contributed by atoms with Crippen molar-refractivity contribution in [3.05, 3.63) is 0 Å². The normalized spacial score (nSPS) is 28.0. The van der Waals surface area contributed by atoms with Crippen molar-refractivity contribution in [2.45, 2.75) is 50.4 Å². The number of guanidine groups is 1. The highest BCUT2D eigenvalue weighted by Gasteiger charge is 2.41. The maximum Gasteiger partial charge on any atom is 0.191 e. The second-order valence-electron chi connectivity index (χ2n) is 7.21. The van der Waals surface area contributed by atoms with Gasteiger partial charge in [-0.3, -0.25) is 9.89 Å². The van der Waals surface area contributed by atoms with Crippen LogP contribution in [0.2, 0.25) is 0 Å². The predicted octanol–water partition coefficient (Wildman–Crippen LogP) is 0.950. The van der Waals surface area contributed by atoms with Gasteiger partial charge in [0, 0.05) is 52.6 Å². The lowest BCUT2D eigenvalue weighted by atomic mass is 10.1. The van der Waals surface area contributed by atoms with E-state index in [0.717, 1.165) is 64.7 Å². The van der Waals surface area contributed by atoms with E-state index in [1.165, 1.54) is 25.7 Å². The maximum absolute atomic E-state index is 6.27. The first-order valence-corrected chi connectivity index (χ1v) is 9.86. The van der Waals surface area contributed by atoms with Gasteiger partial charge in [-0.1, -0.05) is 12.8 Å². The number of ether oxygens (including phenoxy) is 3. The van der Waals surface area contributed by atoms with Crippen LogP contribution in [0.5, 0.6) is 0 Å². The SMILES string of the molecule is CN=C(NCCN1CCOCC1)NCC1COC2(CCCCCC2)O1. The average Bonchev–Trinajstić information content (AvgIpc) is 2.90. The van der Waals surface area contributed by atoms with E-state index in [4.69, 9.17) is 14.2 Å². The maximum atomic E-state index is 6.27. The first-order chi connectivity index (χ1) is 12.3. The van der Waals surface area contributed by atoms with Gasteiger partial charge in [0.05, 0.1) is 19.8 Å². The van der Waals surface area contributed by atoms with Crippen LogP contribution in [0.1, 0.15) is 38.5 Å². The molecule has 0 aromatic carbocycles. The van der Waals surface area contributed by atoms with Crippen molar-refractivity contribution in [1.82, 2.24) is 15.5 Å². The van der Waals surface area contributed by atoms with Crippen LogP contribution in [0.3, 0.4) is 0 Å². The third kappa shape index (κ3) is 5.81. The Morgan fingerprint density at radius 2 is 1.88 bits per heavy atom. The van der Waals surface area contributed by atoms with E-state index in [1.807, 2.05) is 7.05 Å². The molecule has 2 heterocycles. The quantitative estimate of drug-likeness (QED) is 0.566. The summed E-state index contributed by atoms with van der Waals surface area (Å²) in [7, 11) is 1.81. The van der Waals surface area contributed by atoms with Gasteiger partial charge in [-0.2, -0.15) is 0 Å². The summed E-state index contributed by atoms with van der Waals surface area (Å²) in [6, 6.07) is 0. The minimum Gasteiger partial charge on any atom is -0.379 e. The molecule has 1 aliphatic carbocycles. The Hall–Kier alpha value is -0.890. The molecule has 0 aromatic heterocycles. The van der Waals surface area contributed by atoms with Gasteiger partial charge in [-0.25, -0.2) is 0 Å². The number of morpholine rings is 1. The van der Waals surface area contributed by atoms with Crippen LogP contribution in [0.4, 0.5) is 0 Å². The Kier molecular flexibility index (Phi) is 7.34. The Morgan fingerprint density at radius 1 is 1.12 bits per heavy atom. The third-order valence-electron chi connectivity index (χ3n) is 5.32. The van der Waals surface area contributed by atoms with E-state index in [0.29, 0.717) is 6.61 Å². The standard InChI is InChI=1S/C18H34N4O3/c1-19-17(20-8-9-22-10-12-23-13-11-22)21-14-16-15-24-18(25-16)6-4-2-3-5-7-18/h16H,2-15H2,1H3,(H2,19,20,21). The molecule has 0 amide bonds. The molecular formula is C18H34N4O3. The topological polar surface area (TPSA) is 67.4 Å². The molecule has 2 N–H and O–H groups in total. The summed E-state index contributed by atoms with van der Waals surface area (Å²) in [5.41, 5.74) is 0. The monoisotopic (exact) mass is 354 g/mol. The highest BCUT2D eigenvalue weighted by atomic mass is 16.7. The van der Waals surface area contributed by atoms with E-state index in [2.05, 4.69) is 20.5 Å². The number of hydrogen-bond donors (Lipinski definition) is 2. The highest BCUT2D eigenvalue weighted by Crippen LogP contribution is 2.36. The number of nitrogens with zero attached hydrogens (tertiary/aromatic N) is 2. The molecule has 0 bridgehead atoms. The summed E-state index contributed by atoms with van der Waals surface area (Å²) in [6.07, 6.45) is 7.21. The van der Waals surface area contributed by atoms with Gasteiger partial charge in [-0.15, -0.1) is 0 Å². The van der Waals surface area contributed by atoms with E-state index < -0.39 is 0 Å². The fourth-order valence-electron chi connectivity index (χ4n) is 3.83. The Balaban J connectivity index is 1.34. The molecule has 144 valence electrons. The average molecular weight is 354 g/mol. The van der Waals surface area contributed by atoms with Crippen LogP contribution >= 0.6 is 0 Å². The largest absolute Gasteiger partial charge is 0.379 e. The first kappa shape index (κ1) is 18.9. The lowest BCUT2D eigenvalue weighted by Crippen LogP contribution is -2.46. The van der Waals surface area contributed by atoms with Gasteiger partial charge in [-0.05, 0) is 12.8 Å². The van der Waals surface area contributed by atoms with Crippen molar-refractivity contribution in [1.29, 1.82) is 0 Å². The molecule has 0 radical (unpaired) electrons. The molecule has 7 heteroatoms. The van der Waals surface area contributed by atoms with Crippen LogP contribution in [0.15, 0.2) is 4.99 Å². The zero-order chi connectivity index (χ0) is 17.4. The van der Waals surface area contributed by atoms with Gasteiger partial charge in [0.1, 0.15) is 6.10 Å². The molecule has 25 heavy (non-hydrogen) atoms. The predicted molar refractivity (Wildman–Crippen MR) is 97.9 cm³/mol. The second-order valence-corrected chi connectivity index (χ2v) is 7.21. The molecule has 2 saturated heterocycles. The summed E-state index contributed by atoms with van der Waals surface area (Å²) in [5, 5.41) is 6.76. The molecule has 1 saturated carbocycles. The summed E-state index contributed by atoms with van der Waals surface area (Å²) in [4.78, 5) is 6.72. The fraction of sp³-hybridized carbons (Fsp3) is 0.944. The summed E-state index contributed by atoms with van der Waals surface area (Å²) in [5.74, 6) is 0.523. The van der Waals surface area contributed by atoms with Crippen molar-refractivity contribution in [2.24, 2.45) is 4.99 Å². The summed E-state index contributed by atoms with van der Waals surface area (Å²) < 4.78 is 17.7. The van der Waals surface area contributed by atoms with Crippen molar-refractivity contribution < 1.29 is 14.2 Å². The zero-order valence-corrected chi connectivity index (χ0v) is 15.6. The summed E-state index contributed by atoms with van der Waals surface area (Å²) in [6.45, 7) is 7.02. The third-order valence-corrected chi connectivity index (χ3v) is 5.32. The van der Waals surface area contributed by atoms with Crippen molar-refractivity contribution in [3.8, 4) is 0 Å². The number of aliphatic imine (C=N–C) groups is 1. The van der Waals surface area contributed by atoms with Crippen molar-refractivity contribution in [3.63, 3.8) is 0 Å². The zero-order valence-electron chi connectivity index (χ0n) is 15.6. The second kappa shape index (κ2) is 9.71. The minimum absolute atomic E-state index is 0.107. The molecule has 0 aromatic rings. The molecule has 2 aliphatic heterocycles. The molecule has 1 atom stereocenters. The van der Waals surface area contributed by atoms with Crippen molar-refractivity contribution >= 4 is 5.96 Å². The van der Waals surface area contributed by atoms with E-state index >= 15 is 0 Å². The number of rotatable bonds is 5. The van der Waals surface area contributed by atoms with Crippen LogP contribution in [0.25, 0.3) is 0 Å². The van der Waals surface area contributed by atoms with Crippen molar-refractivity contribution in [2.75, 3.05) is 59.6 Å². The molecule has 3 rings (SSSR count). The lowest BCUT2D eigenvalue weighted by molar-refractivity contribution is -0.175. The molecular weight excluding hydrogens is 320 g/mol. The van der Waals surface area contributed by atoms with Crippen LogP contribution in [-0.2, 0) is 14.2 Å². The van der Waals surface area contributed by atoms with E-state index in [9.17, 15) is 0 Å². The Labute approximate surface area is 151 Å².